The number of amides is 2. The van der Waals surface area contributed by atoms with Crippen LogP contribution in [0.3, 0.4) is 0 Å². The third-order valence-electron chi connectivity index (χ3n) is 5.88. The van der Waals surface area contributed by atoms with E-state index in [1.807, 2.05) is 0 Å². The van der Waals surface area contributed by atoms with Crippen LogP contribution >= 0.6 is 0 Å². The molecule has 1 aromatic carbocycles. The van der Waals surface area contributed by atoms with E-state index in [-0.39, 0.29) is 37.6 Å². The Kier molecular flexibility index (Phi) is 7.76. The molecular weight excluding hydrogens is 505 g/mol. The van der Waals surface area contributed by atoms with Crippen LogP contribution in [-0.4, -0.2) is 45.7 Å². The van der Waals surface area contributed by atoms with Crippen LogP contribution in [0.15, 0.2) is 48.9 Å². The molecule has 0 saturated carbocycles. The first-order valence-corrected chi connectivity index (χ1v) is 11.6. The number of nitrogens with zero attached hydrogens (tertiary/aromatic N) is 3. The molecule has 3 heterocycles. The molecule has 0 aliphatic carbocycles. The Hall–Kier alpha value is -4.26. The first kappa shape index (κ1) is 26.8. The monoisotopic (exact) mass is 530 g/mol. The van der Waals surface area contributed by atoms with E-state index < -0.39 is 29.3 Å². The van der Waals surface area contributed by atoms with E-state index in [9.17, 15) is 22.8 Å². The Morgan fingerprint density at radius 1 is 1.11 bits per heavy atom. The van der Waals surface area contributed by atoms with Crippen LogP contribution in [0.4, 0.5) is 29.3 Å². The number of halogens is 3. The van der Waals surface area contributed by atoms with Crippen LogP contribution in [0.1, 0.15) is 29.1 Å². The predicted molar refractivity (Wildman–Crippen MR) is 130 cm³/mol. The summed E-state index contributed by atoms with van der Waals surface area (Å²) in [4.78, 5) is 37.7. The second kappa shape index (κ2) is 11.0. The number of pyridine rings is 1. The number of para-hydroxylation sites is 1. The number of benzene rings is 1. The number of aryl methyl sites for hydroxylation is 2. The fraction of sp³-hybridized carbons (Fsp3) is 0.320. The molecule has 2 amide bonds. The lowest BCUT2D eigenvalue weighted by molar-refractivity contribution is -0.137. The van der Waals surface area contributed by atoms with Gasteiger partial charge in [0.2, 0.25) is 5.91 Å². The zero-order valence-electron chi connectivity index (χ0n) is 20.6. The fourth-order valence-corrected chi connectivity index (χ4v) is 3.85. The number of carbonyl (C=O) groups excluding carboxylic acids is 2. The van der Waals surface area contributed by atoms with Gasteiger partial charge in [-0.15, -0.1) is 0 Å². The Labute approximate surface area is 216 Å². The van der Waals surface area contributed by atoms with Crippen molar-refractivity contribution in [3.8, 4) is 5.75 Å². The van der Waals surface area contributed by atoms with Gasteiger partial charge in [-0.2, -0.15) is 13.2 Å². The van der Waals surface area contributed by atoms with Gasteiger partial charge < -0.3 is 25.4 Å². The van der Waals surface area contributed by atoms with Gasteiger partial charge in [0, 0.05) is 13.0 Å². The SMILES string of the molecule is Cc1ncc(OC(=O)N[C@@]2(C(=O)NCc3ncc(Nc4ccccc4C(F)(F)F)cc3C)CCOC2)cn1. The number of hydrogen-bond donors (Lipinski definition) is 3. The van der Waals surface area contributed by atoms with Gasteiger partial charge in [-0.25, -0.2) is 14.8 Å². The summed E-state index contributed by atoms with van der Waals surface area (Å²) < 4.78 is 50.4. The maximum Gasteiger partial charge on any atom is 0.418 e. The normalized spacial score (nSPS) is 17.1. The van der Waals surface area contributed by atoms with Crippen LogP contribution in [0.2, 0.25) is 0 Å². The topological polar surface area (TPSA) is 127 Å². The molecule has 1 aliphatic heterocycles. The molecule has 0 spiro atoms. The van der Waals surface area contributed by atoms with E-state index in [2.05, 4.69) is 30.9 Å². The molecule has 4 rings (SSSR count). The molecule has 13 heteroatoms. The maximum atomic E-state index is 13.3. The van der Waals surface area contributed by atoms with Crippen LogP contribution in [0.5, 0.6) is 5.75 Å². The summed E-state index contributed by atoms with van der Waals surface area (Å²) in [6.45, 7) is 3.65. The van der Waals surface area contributed by atoms with Crippen molar-refractivity contribution in [3.05, 3.63) is 71.6 Å². The molecule has 2 aromatic heterocycles. The number of rotatable bonds is 7. The van der Waals surface area contributed by atoms with Gasteiger partial charge in [0.1, 0.15) is 11.4 Å². The Bertz CT molecular complexity index is 1310. The minimum absolute atomic E-state index is 0.0222. The van der Waals surface area contributed by atoms with Crippen molar-refractivity contribution in [2.45, 2.75) is 38.5 Å². The van der Waals surface area contributed by atoms with Crippen molar-refractivity contribution in [2.75, 3.05) is 18.5 Å². The number of alkyl halides is 3. The zero-order chi connectivity index (χ0) is 27.3. The van der Waals surface area contributed by atoms with Crippen LogP contribution < -0.4 is 20.7 Å². The molecule has 0 bridgehead atoms. The molecule has 1 atom stereocenters. The summed E-state index contributed by atoms with van der Waals surface area (Å²) in [5.74, 6) is 0.139. The van der Waals surface area contributed by atoms with Crippen LogP contribution in [0.25, 0.3) is 0 Å². The smallest absolute Gasteiger partial charge is 0.407 e. The minimum Gasteiger partial charge on any atom is -0.407 e. The van der Waals surface area contributed by atoms with E-state index in [1.165, 1.54) is 36.8 Å². The number of carbonyl (C=O) groups is 2. The summed E-state index contributed by atoms with van der Waals surface area (Å²) in [6.07, 6.45) is -1.07. The Morgan fingerprint density at radius 3 is 2.50 bits per heavy atom. The quantitative estimate of drug-likeness (QED) is 0.421. The van der Waals surface area contributed by atoms with Gasteiger partial charge in [0.15, 0.2) is 5.75 Å². The van der Waals surface area contributed by atoms with E-state index >= 15 is 0 Å². The predicted octanol–water partition coefficient (Wildman–Crippen LogP) is 3.81. The van der Waals surface area contributed by atoms with Crippen molar-refractivity contribution in [3.63, 3.8) is 0 Å². The highest BCUT2D eigenvalue weighted by molar-refractivity contribution is 5.90. The Morgan fingerprint density at radius 2 is 1.84 bits per heavy atom. The average Bonchev–Trinajstić information content (AvgIpc) is 3.34. The molecule has 1 saturated heterocycles. The van der Waals surface area contributed by atoms with Crippen molar-refractivity contribution < 1.29 is 32.2 Å². The van der Waals surface area contributed by atoms with Gasteiger partial charge in [0.05, 0.1) is 54.4 Å². The van der Waals surface area contributed by atoms with Gasteiger partial charge >= 0.3 is 12.3 Å². The first-order valence-electron chi connectivity index (χ1n) is 11.6. The van der Waals surface area contributed by atoms with Crippen molar-refractivity contribution in [1.82, 2.24) is 25.6 Å². The van der Waals surface area contributed by atoms with Gasteiger partial charge in [0.25, 0.3) is 0 Å². The van der Waals surface area contributed by atoms with Crippen molar-refractivity contribution in [2.24, 2.45) is 0 Å². The lowest BCUT2D eigenvalue weighted by atomic mass is 9.97. The second-order valence-corrected chi connectivity index (χ2v) is 8.70. The highest BCUT2D eigenvalue weighted by Gasteiger charge is 2.44. The van der Waals surface area contributed by atoms with Crippen molar-refractivity contribution in [1.29, 1.82) is 0 Å². The van der Waals surface area contributed by atoms with Gasteiger partial charge in [-0.3, -0.25) is 9.78 Å². The largest absolute Gasteiger partial charge is 0.418 e. The van der Waals surface area contributed by atoms with Gasteiger partial charge in [-0.05, 0) is 37.6 Å². The highest BCUT2D eigenvalue weighted by Crippen LogP contribution is 2.36. The third kappa shape index (κ3) is 6.35. The molecule has 1 fully saturated rings. The summed E-state index contributed by atoms with van der Waals surface area (Å²) in [7, 11) is 0. The molecular formula is C25H25F3N6O4. The lowest BCUT2D eigenvalue weighted by Gasteiger charge is -2.27. The first-order chi connectivity index (χ1) is 18.1. The molecule has 3 N–H and O–H groups in total. The number of nitrogens with one attached hydrogen (secondary N) is 3. The molecule has 10 nitrogen and oxygen atoms in total. The number of ether oxygens (including phenoxy) is 2. The summed E-state index contributed by atoms with van der Waals surface area (Å²) in [5.41, 5.74) is -0.733. The summed E-state index contributed by atoms with van der Waals surface area (Å²) in [6, 6.07) is 6.78. The number of hydrogen-bond acceptors (Lipinski definition) is 8. The minimum atomic E-state index is -4.51. The average molecular weight is 531 g/mol. The van der Waals surface area contributed by atoms with Crippen LogP contribution in [0, 0.1) is 13.8 Å². The van der Waals surface area contributed by atoms with E-state index in [0.29, 0.717) is 22.8 Å². The van der Waals surface area contributed by atoms with E-state index in [4.69, 9.17) is 9.47 Å². The zero-order valence-corrected chi connectivity index (χ0v) is 20.6. The summed E-state index contributed by atoms with van der Waals surface area (Å²) in [5, 5.41) is 8.09. The molecule has 1 aliphatic rings. The number of anilines is 2. The standard InChI is InChI=1S/C25H25F3N6O4/c1-15-9-17(33-20-6-4-3-5-19(20)25(26,27)28)10-31-21(15)13-32-22(35)24(7-8-37-14-24)34-23(36)38-18-11-29-16(2)30-12-18/h3-6,9-12,33H,7-8,13-14H2,1-2H3,(H,32,35)(H,34,36)/t24-/m0/s1. The highest BCUT2D eigenvalue weighted by atomic mass is 19.4. The molecule has 3 aromatic rings. The Balaban J connectivity index is 1.39. The molecule has 0 unspecified atom stereocenters. The molecule has 0 radical (unpaired) electrons. The van der Waals surface area contributed by atoms with E-state index in [1.54, 1.807) is 19.9 Å². The molecule has 200 valence electrons. The lowest BCUT2D eigenvalue weighted by Crippen LogP contribution is -2.59. The van der Waals surface area contributed by atoms with Crippen LogP contribution in [-0.2, 0) is 22.3 Å². The third-order valence-corrected chi connectivity index (χ3v) is 5.88. The summed E-state index contributed by atoms with van der Waals surface area (Å²) >= 11 is 0. The van der Waals surface area contributed by atoms with Crippen molar-refractivity contribution >= 4 is 23.4 Å². The van der Waals surface area contributed by atoms with Gasteiger partial charge in [-0.1, -0.05) is 12.1 Å². The number of aromatic nitrogens is 3. The second-order valence-electron chi connectivity index (χ2n) is 8.70. The van der Waals surface area contributed by atoms with E-state index in [0.717, 1.165) is 6.07 Å². The molecule has 38 heavy (non-hydrogen) atoms. The maximum absolute atomic E-state index is 13.3. The fourth-order valence-electron chi connectivity index (χ4n) is 3.85.